The zero-order chi connectivity index (χ0) is 14.3. The standard InChI is InChI=1S/C17H22N2O/c1-10(2)12-4-8-14(9-5-12)15-16(19-20-17(15)18)11(3)13-6-7-13/h4-5,8-11,13H,6-7,18H2,1-3H3. The van der Waals surface area contributed by atoms with Gasteiger partial charge in [-0.3, -0.25) is 0 Å². The van der Waals surface area contributed by atoms with Crippen LogP contribution in [-0.4, -0.2) is 5.16 Å². The van der Waals surface area contributed by atoms with Crippen molar-refractivity contribution in [2.75, 3.05) is 5.73 Å². The molecule has 2 aromatic rings. The van der Waals surface area contributed by atoms with E-state index in [-0.39, 0.29) is 0 Å². The van der Waals surface area contributed by atoms with Crippen LogP contribution in [0.15, 0.2) is 28.8 Å². The second-order valence-electron chi connectivity index (χ2n) is 6.21. The van der Waals surface area contributed by atoms with Gasteiger partial charge in [0.05, 0.1) is 11.3 Å². The molecule has 106 valence electrons. The molecule has 1 heterocycles. The van der Waals surface area contributed by atoms with E-state index >= 15 is 0 Å². The number of nitrogens with two attached hydrogens (primary N) is 1. The number of rotatable bonds is 4. The van der Waals surface area contributed by atoms with E-state index in [1.807, 2.05) is 0 Å². The molecule has 1 saturated carbocycles. The Kier molecular flexibility index (Phi) is 3.28. The van der Waals surface area contributed by atoms with Gasteiger partial charge in [0.15, 0.2) is 0 Å². The van der Waals surface area contributed by atoms with Crippen LogP contribution in [0, 0.1) is 5.92 Å². The van der Waals surface area contributed by atoms with Gasteiger partial charge in [-0.25, -0.2) is 0 Å². The molecule has 2 N–H and O–H groups in total. The lowest BCUT2D eigenvalue weighted by molar-refractivity contribution is 0.417. The molecule has 1 aromatic heterocycles. The van der Waals surface area contributed by atoms with Crippen molar-refractivity contribution >= 4 is 5.88 Å². The van der Waals surface area contributed by atoms with E-state index in [9.17, 15) is 0 Å². The number of nitrogen functional groups attached to an aromatic ring is 1. The van der Waals surface area contributed by atoms with Crippen molar-refractivity contribution in [3.63, 3.8) is 0 Å². The number of nitrogens with zero attached hydrogens (tertiary/aromatic N) is 1. The molecule has 0 saturated heterocycles. The zero-order valence-electron chi connectivity index (χ0n) is 12.4. The lowest BCUT2D eigenvalue weighted by Crippen LogP contribution is -1.99. The third-order valence-corrected chi connectivity index (χ3v) is 4.37. The first kappa shape index (κ1) is 13.2. The van der Waals surface area contributed by atoms with Crippen LogP contribution in [0.1, 0.15) is 56.7 Å². The maximum atomic E-state index is 6.00. The number of hydrogen-bond acceptors (Lipinski definition) is 3. The molecule has 0 bridgehead atoms. The zero-order valence-corrected chi connectivity index (χ0v) is 12.4. The van der Waals surface area contributed by atoms with Gasteiger partial charge in [0.2, 0.25) is 5.88 Å². The summed E-state index contributed by atoms with van der Waals surface area (Å²) in [6, 6.07) is 8.58. The molecular weight excluding hydrogens is 248 g/mol. The summed E-state index contributed by atoms with van der Waals surface area (Å²) in [6.45, 7) is 6.62. The molecule has 20 heavy (non-hydrogen) atoms. The van der Waals surface area contributed by atoms with Gasteiger partial charge in [0, 0.05) is 5.92 Å². The summed E-state index contributed by atoms with van der Waals surface area (Å²) in [5, 5.41) is 4.21. The normalized spacial score (nSPS) is 16.6. The Balaban J connectivity index is 1.98. The molecular formula is C17H22N2O. The summed E-state index contributed by atoms with van der Waals surface area (Å²) in [6.07, 6.45) is 2.58. The molecule has 1 aromatic carbocycles. The van der Waals surface area contributed by atoms with Crippen LogP contribution in [-0.2, 0) is 0 Å². The fourth-order valence-corrected chi connectivity index (χ4v) is 2.77. The van der Waals surface area contributed by atoms with Gasteiger partial charge in [-0.1, -0.05) is 50.2 Å². The molecule has 3 rings (SSSR count). The van der Waals surface area contributed by atoms with Gasteiger partial charge >= 0.3 is 0 Å². The maximum Gasteiger partial charge on any atom is 0.230 e. The molecule has 0 amide bonds. The van der Waals surface area contributed by atoms with Gasteiger partial charge in [0.25, 0.3) is 0 Å². The molecule has 0 aliphatic heterocycles. The van der Waals surface area contributed by atoms with Crippen LogP contribution < -0.4 is 5.73 Å². The summed E-state index contributed by atoms with van der Waals surface area (Å²) in [5.41, 5.74) is 10.4. The first-order valence-corrected chi connectivity index (χ1v) is 7.43. The number of hydrogen-bond donors (Lipinski definition) is 1. The van der Waals surface area contributed by atoms with Gasteiger partial charge in [0.1, 0.15) is 0 Å². The minimum absolute atomic E-state index is 0.427. The van der Waals surface area contributed by atoms with Crippen LogP contribution in [0.2, 0.25) is 0 Å². The Morgan fingerprint density at radius 2 is 1.80 bits per heavy atom. The molecule has 1 atom stereocenters. The van der Waals surface area contributed by atoms with Crippen molar-refractivity contribution in [2.45, 2.75) is 45.4 Å². The number of anilines is 1. The van der Waals surface area contributed by atoms with Gasteiger partial charge in [-0.2, -0.15) is 0 Å². The Morgan fingerprint density at radius 3 is 2.35 bits per heavy atom. The van der Waals surface area contributed by atoms with E-state index < -0.39 is 0 Å². The third kappa shape index (κ3) is 2.33. The van der Waals surface area contributed by atoms with E-state index in [1.165, 1.54) is 18.4 Å². The average Bonchev–Trinajstić information content (AvgIpc) is 3.21. The molecule has 1 aliphatic rings. The average molecular weight is 270 g/mol. The molecule has 1 fully saturated rings. The number of benzene rings is 1. The first-order chi connectivity index (χ1) is 9.58. The van der Waals surface area contributed by atoms with Gasteiger partial charge < -0.3 is 10.3 Å². The van der Waals surface area contributed by atoms with Gasteiger partial charge in [-0.05, 0) is 35.8 Å². The lowest BCUT2D eigenvalue weighted by Gasteiger charge is -2.10. The maximum absolute atomic E-state index is 6.00. The van der Waals surface area contributed by atoms with E-state index in [2.05, 4.69) is 50.2 Å². The van der Waals surface area contributed by atoms with Crippen LogP contribution in [0.5, 0.6) is 0 Å². The highest BCUT2D eigenvalue weighted by Gasteiger charge is 2.33. The van der Waals surface area contributed by atoms with E-state index in [1.54, 1.807) is 0 Å². The predicted molar refractivity (Wildman–Crippen MR) is 81.6 cm³/mol. The van der Waals surface area contributed by atoms with Crippen molar-refractivity contribution in [2.24, 2.45) is 5.92 Å². The Morgan fingerprint density at radius 1 is 1.15 bits per heavy atom. The fourth-order valence-electron chi connectivity index (χ4n) is 2.77. The van der Waals surface area contributed by atoms with Crippen molar-refractivity contribution in [3.05, 3.63) is 35.5 Å². The van der Waals surface area contributed by atoms with Crippen molar-refractivity contribution in [1.82, 2.24) is 5.16 Å². The number of aromatic nitrogens is 1. The fraction of sp³-hybridized carbons (Fsp3) is 0.471. The summed E-state index contributed by atoms with van der Waals surface area (Å²) >= 11 is 0. The highest BCUT2D eigenvalue weighted by atomic mass is 16.5. The summed E-state index contributed by atoms with van der Waals surface area (Å²) in [7, 11) is 0. The van der Waals surface area contributed by atoms with Crippen molar-refractivity contribution < 1.29 is 4.52 Å². The van der Waals surface area contributed by atoms with Crippen LogP contribution in [0.4, 0.5) is 5.88 Å². The molecule has 3 nitrogen and oxygen atoms in total. The van der Waals surface area contributed by atoms with E-state index in [4.69, 9.17) is 10.3 Å². The van der Waals surface area contributed by atoms with E-state index in [0.717, 1.165) is 22.7 Å². The molecule has 1 aliphatic carbocycles. The van der Waals surface area contributed by atoms with Crippen LogP contribution in [0.25, 0.3) is 11.1 Å². The lowest BCUT2D eigenvalue weighted by atomic mass is 9.93. The summed E-state index contributed by atoms with van der Waals surface area (Å²) in [5.74, 6) is 2.14. The second kappa shape index (κ2) is 4.97. The van der Waals surface area contributed by atoms with Crippen LogP contribution >= 0.6 is 0 Å². The van der Waals surface area contributed by atoms with Gasteiger partial charge in [-0.15, -0.1) is 0 Å². The van der Waals surface area contributed by atoms with Crippen LogP contribution in [0.3, 0.4) is 0 Å². The second-order valence-corrected chi connectivity index (χ2v) is 6.21. The topological polar surface area (TPSA) is 52.0 Å². The Labute approximate surface area is 120 Å². The van der Waals surface area contributed by atoms with E-state index in [0.29, 0.717) is 17.7 Å². The smallest absolute Gasteiger partial charge is 0.230 e. The third-order valence-electron chi connectivity index (χ3n) is 4.37. The molecule has 0 spiro atoms. The minimum Gasteiger partial charge on any atom is -0.367 e. The Hall–Kier alpha value is -1.77. The highest BCUT2D eigenvalue weighted by Crippen LogP contribution is 2.45. The first-order valence-electron chi connectivity index (χ1n) is 7.43. The Bertz CT molecular complexity index is 594. The largest absolute Gasteiger partial charge is 0.367 e. The summed E-state index contributed by atoms with van der Waals surface area (Å²) in [4.78, 5) is 0. The summed E-state index contributed by atoms with van der Waals surface area (Å²) < 4.78 is 5.25. The monoisotopic (exact) mass is 270 g/mol. The minimum atomic E-state index is 0.427. The predicted octanol–water partition coefficient (Wildman–Crippen LogP) is 4.56. The van der Waals surface area contributed by atoms with Crippen molar-refractivity contribution in [1.29, 1.82) is 0 Å². The molecule has 1 unspecified atom stereocenters. The molecule has 3 heteroatoms. The SMILES string of the molecule is CC(C)c1ccc(-c2c(C(C)C3CC3)noc2N)cc1. The highest BCUT2D eigenvalue weighted by molar-refractivity contribution is 5.75. The molecule has 0 radical (unpaired) electrons. The quantitative estimate of drug-likeness (QED) is 0.886. The van der Waals surface area contributed by atoms with Crippen molar-refractivity contribution in [3.8, 4) is 11.1 Å².